The van der Waals surface area contributed by atoms with Gasteiger partial charge < -0.3 is 0 Å². The fraction of sp³-hybridized carbons (Fsp3) is 0.375. The van der Waals surface area contributed by atoms with Crippen LogP contribution in [0.2, 0.25) is 0 Å². The zero-order chi connectivity index (χ0) is 22.1. The van der Waals surface area contributed by atoms with Crippen LogP contribution in [0.25, 0.3) is 10.2 Å². The predicted molar refractivity (Wildman–Crippen MR) is 133 cm³/mol. The summed E-state index contributed by atoms with van der Waals surface area (Å²) in [6.45, 7) is 9.86. The van der Waals surface area contributed by atoms with Gasteiger partial charge in [-0.15, -0.1) is 11.3 Å². The summed E-state index contributed by atoms with van der Waals surface area (Å²) in [7, 11) is 0. The summed E-state index contributed by atoms with van der Waals surface area (Å²) in [4.78, 5) is 9.84. The lowest BCUT2D eigenvalue weighted by Gasteiger charge is -2.37. The molecule has 1 aliphatic heterocycles. The minimum Gasteiger partial charge on any atom is -0.300 e. The van der Waals surface area contributed by atoms with Crippen LogP contribution >= 0.6 is 23.6 Å². The molecule has 0 bridgehead atoms. The SMILES string of the molecule is Cc1nn(CN2CCN(C(C)c3nc4ccccc4s3)CC2)c(=S)n1Cc1ccccc1. The van der Waals surface area contributed by atoms with E-state index in [4.69, 9.17) is 22.3 Å². The predicted octanol–water partition coefficient (Wildman–Crippen LogP) is 4.72. The van der Waals surface area contributed by atoms with Gasteiger partial charge in [0.05, 0.1) is 29.5 Å². The number of aromatic nitrogens is 4. The number of benzene rings is 2. The summed E-state index contributed by atoms with van der Waals surface area (Å²) in [5, 5.41) is 5.94. The highest BCUT2D eigenvalue weighted by molar-refractivity contribution is 7.71. The first-order valence-electron chi connectivity index (χ1n) is 11.1. The van der Waals surface area contributed by atoms with E-state index in [-0.39, 0.29) is 0 Å². The van der Waals surface area contributed by atoms with E-state index in [1.54, 1.807) is 0 Å². The molecule has 0 N–H and O–H groups in total. The molecule has 1 fully saturated rings. The lowest BCUT2D eigenvalue weighted by atomic mass is 10.2. The van der Waals surface area contributed by atoms with Gasteiger partial charge in [-0.1, -0.05) is 42.5 Å². The van der Waals surface area contributed by atoms with Crippen LogP contribution < -0.4 is 0 Å². The second-order valence-corrected chi connectivity index (χ2v) is 9.82. The van der Waals surface area contributed by atoms with Crippen LogP contribution in [0.1, 0.15) is 29.4 Å². The molecular weight excluding hydrogens is 436 g/mol. The second kappa shape index (κ2) is 9.23. The van der Waals surface area contributed by atoms with E-state index >= 15 is 0 Å². The summed E-state index contributed by atoms with van der Waals surface area (Å²) >= 11 is 7.57. The molecule has 6 nitrogen and oxygen atoms in total. The fourth-order valence-corrected chi connectivity index (χ4v) is 5.64. The van der Waals surface area contributed by atoms with Gasteiger partial charge in [0, 0.05) is 26.2 Å². The van der Waals surface area contributed by atoms with E-state index in [1.165, 1.54) is 15.3 Å². The van der Waals surface area contributed by atoms with Crippen LogP contribution in [0.15, 0.2) is 54.6 Å². The molecule has 3 heterocycles. The molecule has 1 aliphatic rings. The van der Waals surface area contributed by atoms with E-state index in [1.807, 2.05) is 29.0 Å². The smallest absolute Gasteiger partial charge is 0.199 e. The second-order valence-electron chi connectivity index (χ2n) is 8.39. The Morgan fingerprint density at radius 1 is 1.00 bits per heavy atom. The Morgan fingerprint density at radius 2 is 1.72 bits per heavy atom. The highest BCUT2D eigenvalue weighted by Crippen LogP contribution is 2.30. The Kier molecular flexibility index (Phi) is 6.19. The monoisotopic (exact) mass is 464 g/mol. The van der Waals surface area contributed by atoms with Crippen molar-refractivity contribution in [3.05, 3.63) is 75.8 Å². The Labute approximate surface area is 197 Å². The van der Waals surface area contributed by atoms with E-state index in [9.17, 15) is 0 Å². The maximum Gasteiger partial charge on any atom is 0.199 e. The third kappa shape index (κ3) is 4.41. The molecule has 2 aromatic carbocycles. The summed E-state index contributed by atoms with van der Waals surface area (Å²) in [6, 6.07) is 19.2. The Bertz CT molecular complexity index is 1220. The Balaban J connectivity index is 1.21. The minimum absolute atomic E-state index is 0.337. The van der Waals surface area contributed by atoms with Gasteiger partial charge in [0.15, 0.2) is 4.77 Å². The number of piperazine rings is 1. The molecule has 0 radical (unpaired) electrons. The third-order valence-electron chi connectivity index (χ3n) is 6.25. The molecule has 166 valence electrons. The molecule has 5 rings (SSSR count). The first-order chi connectivity index (χ1) is 15.6. The molecular formula is C24H28N6S2. The topological polar surface area (TPSA) is 42.1 Å². The zero-order valence-corrected chi connectivity index (χ0v) is 20.1. The van der Waals surface area contributed by atoms with Gasteiger partial charge >= 0.3 is 0 Å². The molecule has 1 saturated heterocycles. The molecule has 0 aliphatic carbocycles. The van der Waals surface area contributed by atoms with Crippen molar-refractivity contribution in [1.82, 2.24) is 29.1 Å². The van der Waals surface area contributed by atoms with Gasteiger partial charge in [-0.2, -0.15) is 5.10 Å². The van der Waals surface area contributed by atoms with E-state index < -0.39 is 0 Å². The van der Waals surface area contributed by atoms with Crippen molar-refractivity contribution >= 4 is 33.8 Å². The summed E-state index contributed by atoms with van der Waals surface area (Å²) in [5.74, 6) is 0.960. The highest BCUT2D eigenvalue weighted by Gasteiger charge is 2.24. The van der Waals surface area contributed by atoms with Gasteiger partial charge in [0.2, 0.25) is 0 Å². The maximum atomic E-state index is 5.76. The van der Waals surface area contributed by atoms with Crippen LogP contribution in [0.5, 0.6) is 0 Å². The van der Waals surface area contributed by atoms with Crippen molar-refractivity contribution < 1.29 is 0 Å². The third-order valence-corrected chi connectivity index (χ3v) is 7.89. The van der Waals surface area contributed by atoms with Crippen molar-refractivity contribution in [2.45, 2.75) is 33.1 Å². The number of nitrogens with zero attached hydrogens (tertiary/aromatic N) is 6. The quantitative estimate of drug-likeness (QED) is 0.386. The first-order valence-corrected chi connectivity index (χ1v) is 12.3. The number of aryl methyl sites for hydroxylation is 1. The summed E-state index contributed by atoms with van der Waals surface area (Å²) in [5.41, 5.74) is 2.34. The number of thiazole rings is 1. The van der Waals surface area contributed by atoms with E-state index in [2.05, 4.69) is 69.8 Å². The van der Waals surface area contributed by atoms with Crippen molar-refractivity contribution in [3.8, 4) is 0 Å². The van der Waals surface area contributed by atoms with Crippen LogP contribution in [-0.4, -0.2) is 55.3 Å². The average molecular weight is 465 g/mol. The summed E-state index contributed by atoms with van der Waals surface area (Å²) < 4.78 is 6.15. The van der Waals surface area contributed by atoms with E-state index in [0.717, 1.165) is 55.5 Å². The molecule has 0 amide bonds. The largest absolute Gasteiger partial charge is 0.300 e. The fourth-order valence-electron chi connectivity index (χ4n) is 4.30. The number of hydrogen-bond acceptors (Lipinski definition) is 6. The van der Waals surface area contributed by atoms with Gasteiger partial charge in [-0.25, -0.2) is 9.67 Å². The van der Waals surface area contributed by atoms with Crippen molar-refractivity contribution in [2.24, 2.45) is 0 Å². The van der Waals surface area contributed by atoms with Gasteiger partial charge in [-0.3, -0.25) is 14.4 Å². The molecule has 2 aromatic heterocycles. The van der Waals surface area contributed by atoms with Crippen molar-refractivity contribution in [3.63, 3.8) is 0 Å². The van der Waals surface area contributed by atoms with Gasteiger partial charge in [0.25, 0.3) is 0 Å². The number of para-hydroxylation sites is 1. The Morgan fingerprint density at radius 3 is 2.47 bits per heavy atom. The molecule has 0 saturated carbocycles. The van der Waals surface area contributed by atoms with Crippen molar-refractivity contribution in [2.75, 3.05) is 26.2 Å². The maximum absolute atomic E-state index is 5.76. The highest BCUT2D eigenvalue weighted by atomic mass is 32.1. The molecule has 4 aromatic rings. The number of hydrogen-bond donors (Lipinski definition) is 0. The van der Waals surface area contributed by atoms with Crippen LogP contribution in [-0.2, 0) is 13.2 Å². The summed E-state index contributed by atoms with van der Waals surface area (Å²) in [6.07, 6.45) is 0. The number of rotatable bonds is 6. The molecule has 8 heteroatoms. The van der Waals surface area contributed by atoms with Crippen LogP contribution in [0.4, 0.5) is 0 Å². The van der Waals surface area contributed by atoms with E-state index in [0.29, 0.717) is 6.04 Å². The standard InChI is InChI=1S/C24H28N6S2/c1-18(23-25-21-10-6-7-11-22(21)32-23)28-14-12-27(13-15-28)17-30-24(31)29(19(2)26-30)16-20-8-4-3-5-9-20/h3-11,18H,12-17H2,1-2H3. The average Bonchev–Trinajstić information content (AvgIpc) is 3.36. The van der Waals surface area contributed by atoms with Gasteiger partial charge in [-0.05, 0) is 43.8 Å². The van der Waals surface area contributed by atoms with Crippen LogP contribution in [0.3, 0.4) is 0 Å². The molecule has 32 heavy (non-hydrogen) atoms. The zero-order valence-electron chi connectivity index (χ0n) is 18.5. The molecule has 0 spiro atoms. The first kappa shape index (κ1) is 21.5. The lowest BCUT2D eigenvalue weighted by molar-refractivity contribution is 0.0787. The lowest BCUT2D eigenvalue weighted by Crippen LogP contribution is -2.47. The normalized spacial score (nSPS) is 16.6. The van der Waals surface area contributed by atoms with Crippen molar-refractivity contribution in [1.29, 1.82) is 0 Å². The molecule has 1 atom stereocenters. The molecule has 1 unspecified atom stereocenters. The Hall–Kier alpha value is -2.39. The minimum atomic E-state index is 0.337. The van der Waals surface area contributed by atoms with Crippen LogP contribution in [0, 0.1) is 11.7 Å². The number of fused-ring (bicyclic) bond motifs is 1. The van der Waals surface area contributed by atoms with Gasteiger partial charge in [0.1, 0.15) is 10.8 Å².